The Hall–Kier alpha value is -3.36. The summed E-state index contributed by atoms with van der Waals surface area (Å²) in [6.07, 6.45) is 0.630. The first kappa shape index (κ1) is 23.8. The fourth-order valence-corrected chi connectivity index (χ4v) is 4.25. The number of hydrogen-bond acceptors (Lipinski definition) is 6. The molecule has 1 aromatic heterocycles. The minimum atomic E-state index is -0.180. The molecular formula is C26H33N5O3. The van der Waals surface area contributed by atoms with Gasteiger partial charge in [-0.3, -0.25) is 9.79 Å². The number of benzene rings is 2. The quantitative estimate of drug-likeness (QED) is 0.351. The number of hydrogen-bond donors (Lipinski definition) is 3. The molecule has 0 bridgehead atoms. The van der Waals surface area contributed by atoms with Crippen LogP contribution in [0.2, 0.25) is 0 Å². The molecule has 4 rings (SSSR count). The first-order valence-electron chi connectivity index (χ1n) is 11.7. The van der Waals surface area contributed by atoms with Crippen LogP contribution in [-0.2, 0) is 4.74 Å². The van der Waals surface area contributed by atoms with Gasteiger partial charge in [0.15, 0.2) is 5.88 Å². The molecule has 1 aliphatic heterocycles. The van der Waals surface area contributed by atoms with Crippen molar-refractivity contribution in [2.24, 2.45) is 4.99 Å². The highest BCUT2D eigenvalue weighted by Crippen LogP contribution is 2.31. The lowest BCUT2D eigenvalue weighted by Crippen LogP contribution is -2.44. The maximum Gasteiger partial charge on any atom is 0.251 e. The predicted octanol–water partition coefficient (Wildman–Crippen LogP) is 3.53. The number of carbonyl (C=O) groups is 1. The number of nitrogens with zero attached hydrogens (tertiary/aromatic N) is 3. The third kappa shape index (κ3) is 5.24. The molecule has 34 heavy (non-hydrogen) atoms. The smallest absolute Gasteiger partial charge is 0.251 e. The Morgan fingerprint density at radius 2 is 1.88 bits per heavy atom. The number of aromatic hydroxyl groups is 1. The number of nitrogens with one attached hydrogen (secondary N) is 2. The standard InChI is InChI=1S/C26H33N5O3/c1-4-22(28-19-6-8-20(9-7-19)31-14-12-30(2)13-15-31)24-21-17-18(25(32)27-11-16-34-3)5-10-23(21)29-26(24)33/h5-10,17,29,33H,4,11-16H2,1-3H3,(H,27,32). The lowest BCUT2D eigenvalue weighted by atomic mass is 10.0. The largest absolute Gasteiger partial charge is 0.494 e. The summed E-state index contributed by atoms with van der Waals surface area (Å²) in [5, 5.41) is 14.3. The van der Waals surface area contributed by atoms with Crippen molar-refractivity contribution in [3.8, 4) is 5.88 Å². The number of carbonyl (C=O) groups excluding carboxylic acids is 1. The Morgan fingerprint density at radius 1 is 1.15 bits per heavy atom. The molecule has 0 aliphatic carbocycles. The van der Waals surface area contributed by atoms with E-state index in [0.717, 1.165) is 48.5 Å². The number of H-pyrrole nitrogens is 1. The molecule has 1 saturated heterocycles. The molecule has 1 fully saturated rings. The summed E-state index contributed by atoms with van der Waals surface area (Å²) in [4.78, 5) is 25.1. The molecule has 0 unspecified atom stereocenters. The summed E-state index contributed by atoms with van der Waals surface area (Å²) in [5.74, 6) is -0.123. The number of fused-ring (bicyclic) bond motifs is 1. The van der Waals surface area contributed by atoms with Crippen molar-refractivity contribution in [2.45, 2.75) is 13.3 Å². The molecule has 0 saturated carbocycles. The predicted molar refractivity (Wildman–Crippen MR) is 137 cm³/mol. The van der Waals surface area contributed by atoms with Gasteiger partial charge in [0, 0.05) is 62.0 Å². The van der Waals surface area contributed by atoms with Gasteiger partial charge in [-0.05, 0) is 55.9 Å². The molecule has 180 valence electrons. The average Bonchev–Trinajstić information content (AvgIpc) is 3.18. The maximum absolute atomic E-state index is 12.5. The molecule has 3 aromatic rings. The monoisotopic (exact) mass is 463 g/mol. The molecule has 1 amide bonds. The Bertz CT molecular complexity index is 1160. The molecule has 3 N–H and O–H groups in total. The number of aromatic nitrogens is 1. The zero-order chi connectivity index (χ0) is 24.1. The van der Waals surface area contributed by atoms with Gasteiger partial charge in [-0.1, -0.05) is 6.92 Å². The summed E-state index contributed by atoms with van der Waals surface area (Å²) < 4.78 is 5.00. The van der Waals surface area contributed by atoms with Crippen LogP contribution in [0.25, 0.3) is 10.9 Å². The van der Waals surface area contributed by atoms with E-state index < -0.39 is 0 Å². The summed E-state index contributed by atoms with van der Waals surface area (Å²) in [7, 11) is 3.75. The van der Waals surface area contributed by atoms with Crippen LogP contribution in [0.3, 0.4) is 0 Å². The van der Waals surface area contributed by atoms with Crippen molar-refractivity contribution < 1.29 is 14.6 Å². The minimum absolute atomic E-state index is 0.0570. The van der Waals surface area contributed by atoms with E-state index in [-0.39, 0.29) is 11.8 Å². The van der Waals surface area contributed by atoms with Crippen LogP contribution in [0.5, 0.6) is 5.88 Å². The second-order valence-electron chi connectivity index (χ2n) is 8.58. The number of ether oxygens (including phenoxy) is 1. The minimum Gasteiger partial charge on any atom is -0.494 e. The van der Waals surface area contributed by atoms with Gasteiger partial charge in [0.05, 0.1) is 23.6 Å². The van der Waals surface area contributed by atoms with Crippen LogP contribution in [0.15, 0.2) is 47.5 Å². The first-order valence-corrected chi connectivity index (χ1v) is 11.7. The fraction of sp³-hybridized carbons (Fsp3) is 0.385. The highest BCUT2D eigenvalue weighted by Gasteiger charge is 2.18. The zero-order valence-electron chi connectivity index (χ0n) is 20.1. The Morgan fingerprint density at radius 3 is 2.56 bits per heavy atom. The van der Waals surface area contributed by atoms with E-state index in [4.69, 9.17) is 9.73 Å². The van der Waals surface area contributed by atoms with E-state index in [2.05, 4.69) is 39.3 Å². The second kappa shape index (κ2) is 10.7. The Balaban J connectivity index is 1.60. The third-order valence-electron chi connectivity index (χ3n) is 6.24. The zero-order valence-corrected chi connectivity index (χ0v) is 20.1. The number of amides is 1. The van der Waals surface area contributed by atoms with Gasteiger partial charge in [0.2, 0.25) is 0 Å². The van der Waals surface area contributed by atoms with E-state index in [1.807, 2.05) is 25.1 Å². The molecule has 1 aliphatic rings. The maximum atomic E-state index is 12.5. The van der Waals surface area contributed by atoms with Crippen LogP contribution in [-0.4, -0.2) is 80.1 Å². The first-order chi connectivity index (χ1) is 16.5. The normalized spacial score (nSPS) is 15.1. The number of piperazine rings is 1. The third-order valence-corrected chi connectivity index (χ3v) is 6.24. The van der Waals surface area contributed by atoms with E-state index >= 15 is 0 Å². The van der Waals surface area contributed by atoms with Gasteiger partial charge in [0.1, 0.15) is 0 Å². The Labute approximate surface area is 200 Å². The second-order valence-corrected chi connectivity index (χ2v) is 8.58. The number of likely N-dealkylation sites (N-methyl/N-ethyl adjacent to an activating group) is 1. The van der Waals surface area contributed by atoms with Gasteiger partial charge in [-0.25, -0.2) is 0 Å². The molecule has 2 heterocycles. The summed E-state index contributed by atoms with van der Waals surface area (Å²) >= 11 is 0. The van der Waals surface area contributed by atoms with Crippen molar-refractivity contribution in [1.82, 2.24) is 15.2 Å². The number of aromatic amines is 1. The fourth-order valence-electron chi connectivity index (χ4n) is 4.25. The lowest BCUT2D eigenvalue weighted by Gasteiger charge is -2.34. The molecule has 8 nitrogen and oxygen atoms in total. The average molecular weight is 464 g/mol. The van der Waals surface area contributed by atoms with Crippen molar-refractivity contribution in [3.63, 3.8) is 0 Å². The highest BCUT2D eigenvalue weighted by atomic mass is 16.5. The van der Waals surface area contributed by atoms with Crippen molar-refractivity contribution >= 4 is 33.9 Å². The van der Waals surface area contributed by atoms with Crippen molar-refractivity contribution in [3.05, 3.63) is 53.6 Å². The number of aliphatic imine (C=N–C) groups is 1. The van der Waals surface area contributed by atoms with Gasteiger partial charge in [-0.2, -0.15) is 0 Å². The summed E-state index contributed by atoms with van der Waals surface area (Å²) in [5.41, 5.74) is 4.70. The molecule has 0 spiro atoms. The number of rotatable bonds is 8. The van der Waals surface area contributed by atoms with Gasteiger partial charge in [-0.15, -0.1) is 0 Å². The van der Waals surface area contributed by atoms with Gasteiger partial charge < -0.3 is 29.9 Å². The van der Waals surface area contributed by atoms with Crippen LogP contribution < -0.4 is 10.2 Å². The van der Waals surface area contributed by atoms with Gasteiger partial charge >= 0.3 is 0 Å². The van der Waals surface area contributed by atoms with Crippen LogP contribution in [0.4, 0.5) is 11.4 Å². The van der Waals surface area contributed by atoms with Gasteiger partial charge in [0.25, 0.3) is 5.91 Å². The van der Waals surface area contributed by atoms with Crippen LogP contribution in [0, 0.1) is 0 Å². The SMILES string of the molecule is CCC(=Nc1ccc(N2CCN(C)CC2)cc1)c1c(O)[nH]c2ccc(C(=O)NCCOC)cc12. The Kier molecular flexibility index (Phi) is 7.49. The number of methoxy groups -OCH3 is 1. The lowest BCUT2D eigenvalue weighted by molar-refractivity contribution is 0.0937. The van der Waals surface area contributed by atoms with Crippen molar-refractivity contribution in [1.29, 1.82) is 0 Å². The summed E-state index contributed by atoms with van der Waals surface area (Å²) in [6.45, 7) is 7.05. The molecule has 0 radical (unpaired) electrons. The van der Waals surface area contributed by atoms with E-state index in [9.17, 15) is 9.90 Å². The van der Waals surface area contributed by atoms with Crippen molar-refractivity contribution in [2.75, 3.05) is 58.4 Å². The number of anilines is 1. The highest BCUT2D eigenvalue weighted by molar-refractivity contribution is 6.14. The molecular weight excluding hydrogens is 430 g/mol. The topological polar surface area (TPSA) is 93.2 Å². The summed E-state index contributed by atoms with van der Waals surface area (Å²) in [6, 6.07) is 13.6. The molecule has 2 aromatic carbocycles. The van der Waals surface area contributed by atoms with E-state index in [1.165, 1.54) is 5.69 Å². The van der Waals surface area contributed by atoms with E-state index in [1.54, 1.807) is 19.2 Å². The molecule has 8 heteroatoms. The molecule has 0 atom stereocenters. The van der Waals surface area contributed by atoms with E-state index in [0.29, 0.717) is 30.7 Å². The van der Waals surface area contributed by atoms with Crippen LogP contribution in [0.1, 0.15) is 29.3 Å². The van der Waals surface area contributed by atoms with Crippen LogP contribution >= 0.6 is 0 Å².